The second-order valence-corrected chi connectivity index (χ2v) is 5.11. The average Bonchev–Trinajstić information content (AvgIpc) is 2.97. The van der Waals surface area contributed by atoms with E-state index >= 15 is 0 Å². The van der Waals surface area contributed by atoms with Gasteiger partial charge >= 0.3 is 0 Å². The lowest BCUT2D eigenvalue weighted by molar-refractivity contribution is 0.0951. The normalized spacial score (nSPS) is 10.2. The number of nitrogens with zero attached hydrogens (tertiary/aromatic N) is 2. The summed E-state index contributed by atoms with van der Waals surface area (Å²) in [5.74, 6) is -1.23. The van der Waals surface area contributed by atoms with Crippen molar-refractivity contribution in [1.82, 2.24) is 15.5 Å². The second kappa shape index (κ2) is 6.89. The van der Waals surface area contributed by atoms with Crippen LogP contribution in [0.4, 0.5) is 10.1 Å². The van der Waals surface area contributed by atoms with Crippen LogP contribution >= 0.6 is 11.3 Å². The van der Waals surface area contributed by atoms with Crippen molar-refractivity contribution in [2.24, 2.45) is 0 Å². The van der Waals surface area contributed by atoms with Gasteiger partial charge in [0.15, 0.2) is 0 Å². The summed E-state index contributed by atoms with van der Waals surface area (Å²) < 4.78 is 12.8. The molecule has 0 saturated carbocycles. The van der Waals surface area contributed by atoms with Crippen molar-refractivity contribution in [3.63, 3.8) is 0 Å². The summed E-state index contributed by atoms with van der Waals surface area (Å²) in [6.07, 6.45) is 0.808. The first-order valence-corrected chi connectivity index (χ1v) is 7.10. The molecule has 0 radical (unpaired) electrons. The number of carbonyl (C=O) groups excluding carboxylic acids is 2. The molecule has 0 aliphatic rings. The summed E-state index contributed by atoms with van der Waals surface area (Å²) in [6, 6.07) is 5.34. The number of rotatable bonds is 5. The lowest BCUT2D eigenvalue weighted by Crippen LogP contribution is -2.23. The Morgan fingerprint density at radius 1 is 1.14 bits per heavy atom. The molecule has 0 unspecified atom stereocenters. The number of carbonyl (C=O) groups is 2. The van der Waals surface area contributed by atoms with Gasteiger partial charge in [-0.05, 0) is 30.7 Å². The molecule has 21 heavy (non-hydrogen) atoms. The minimum atomic E-state index is -0.492. The molecule has 110 valence electrons. The number of benzene rings is 1. The summed E-state index contributed by atoms with van der Waals surface area (Å²) in [7, 11) is 0. The molecule has 0 atom stereocenters. The third-order valence-electron chi connectivity index (χ3n) is 2.45. The fourth-order valence-corrected chi connectivity index (χ4v) is 2.09. The van der Waals surface area contributed by atoms with E-state index in [0.717, 1.165) is 17.8 Å². The summed E-state index contributed by atoms with van der Waals surface area (Å²) in [6.45, 7) is 2.47. The molecule has 2 N–H and O–H groups in total. The van der Waals surface area contributed by atoms with Crippen molar-refractivity contribution in [3.8, 4) is 0 Å². The van der Waals surface area contributed by atoms with Crippen molar-refractivity contribution in [3.05, 3.63) is 40.1 Å². The minimum Gasteiger partial charge on any atom is -0.350 e. The zero-order valence-electron chi connectivity index (χ0n) is 11.2. The van der Waals surface area contributed by atoms with E-state index in [2.05, 4.69) is 20.8 Å². The third kappa shape index (κ3) is 4.06. The monoisotopic (exact) mass is 308 g/mol. The predicted molar refractivity (Wildman–Crippen MR) is 76.9 cm³/mol. The number of hydrogen-bond acceptors (Lipinski definition) is 5. The number of hydrogen-bond donors (Lipinski definition) is 2. The quantitative estimate of drug-likeness (QED) is 0.885. The SMILES string of the molecule is CCCNC(=O)c1nnc(C(=O)Nc2ccc(F)cc2)s1. The highest BCUT2D eigenvalue weighted by molar-refractivity contribution is 7.15. The van der Waals surface area contributed by atoms with Gasteiger partial charge in [-0.3, -0.25) is 9.59 Å². The molecule has 0 bridgehead atoms. The number of halogens is 1. The molecule has 2 aromatic rings. The van der Waals surface area contributed by atoms with Gasteiger partial charge in [-0.2, -0.15) is 0 Å². The third-order valence-corrected chi connectivity index (χ3v) is 3.37. The van der Waals surface area contributed by atoms with E-state index in [9.17, 15) is 14.0 Å². The van der Waals surface area contributed by atoms with E-state index in [1.54, 1.807) is 0 Å². The molecule has 0 aliphatic heterocycles. The smallest absolute Gasteiger partial charge is 0.286 e. The van der Waals surface area contributed by atoms with E-state index in [-0.39, 0.29) is 15.9 Å². The summed E-state index contributed by atoms with van der Waals surface area (Å²) in [4.78, 5) is 23.6. The lowest BCUT2D eigenvalue weighted by Gasteiger charge is -2.01. The number of anilines is 1. The van der Waals surface area contributed by atoms with Crippen molar-refractivity contribution in [2.75, 3.05) is 11.9 Å². The maximum absolute atomic E-state index is 12.8. The van der Waals surface area contributed by atoms with Crippen LogP contribution in [0.2, 0.25) is 0 Å². The van der Waals surface area contributed by atoms with Gasteiger partial charge in [-0.25, -0.2) is 4.39 Å². The maximum Gasteiger partial charge on any atom is 0.286 e. The zero-order valence-corrected chi connectivity index (χ0v) is 12.0. The first-order valence-electron chi connectivity index (χ1n) is 6.28. The van der Waals surface area contributed by atoms with Crippen LogP contribution < -0.4 is 10.6 Å². The largest absolute Gasteiger partial charge is 0.350 e. The van der Waals surface area contributed by atoms with Crippen LogP contribution in [-0.4, -0.2) is 28.6 Å². The first kappa shape index (κ1) is 15.0. The fourth-order valence-electron chi connectivity index (χ4n) is 1.44. The molecule has 2 rings (SSSR count). The van der Waals surface area contributed by atoms with Gasteiger partial charge in [0.05, 0.1) is 0 Å². The molecule has 0 fully saturated rings. The Morgan fingerprint density at radius 2 is 1.76 bits per heavy atom. The van der Waals surface area contributed by atoms with Crippen LogP contribution in [-0.2, 0) is 0 Å². The van der Waals surface area contributed by atoms with Crippen LogP contribution in [0.15, 0.2) is 24.3 Å². The predicted octanol–water partition coefficient (Wildman–Crippen LogP) is 2.07. The average molecular weight is 308 g/mol. The lowest BCUT2D eigenvalue weighted by atomic mass is 10.3. The Balaban J connectivity index is 2.01. The Morgan fingerprint density at radius 3 is 2.38 bits per heavy atom. The second-order valence-electron chi connectivity index (χ2n) is 4.13. The van der Waals surface area contributed by atoms with Gasteiger partial charge in [0.25, 0.3) is 11.8 Å². The number of nitrogens with one attached hydrogen (secondary N) is 2. The molecular weight excluding hydrogens is 295 g/mol. The van der Waals surface area contributed by atoms with Crippen molar-refractivity contribution >= 4 is 28.8 Å². The van der Waals surface area contributed by atoms with Crippen molar-refractivity contribution < 1.29 is 14.0 Å². The Labute approximate surface area is 124 Å². The molecule has 8 heteroatoms. The van der Waals surface area contributed by atoms with Crippen LogP contribution in [0, 0.1) is 5.82 Å². The molecule has 1 heterocycles. The zero-order chi connectivity index (χ0) is 15.2. The van der Waals surface area contributed by atoms with E-state index in [4.69, 9.17) is 0 Å². The molecule has 2 amide bonds. The Bertz CT molecular complexity index is 642. The van der Waals surface area contributed by atoms with Gasteiger partial charge in [-0.1, -0.05) is 18.3 Å². The van der Waals surface area contributed by atoms with Crippen molar-refractivity contribution in [2.45, 2.75) is 13.3 Å². The standard InChI is InChI=1S/C13H13FN4O2S/c1-2-7-15-10(19)12-17-18-13(21-12)11(20)16-9-5-3-8(14)4-6-9/h3-6H,2,7H2,1H3,(H,15,19)(H,16,20). The first-order chi connectivity index (χ1) is 10.1. The van der Waals surface area contributed by atoms with Crippen LogP contribution in [0.25, 0.3) is 0 Å². The fraction of sp³-hybridized carbons (Fsp3) is 0.231. The molecule has 0 spiro atoms. The van der Waals surface area contributed by atoms with E-state index in [0.29, 0.717) is 12.2 Å². The van der Waals surface area contributed by atoms with Crippen LogP contribution in [0.1, 0.15) is 32.9 Å². The maximum atomic E-state index is 12.8. The highest BCUT2D eigenvalue weighted by atomic mass is 32.1. The summed E-state index contributed by atoms with van der Waals surface area (Å²) in [5.41, 5.74) is 0.439. The number of aromatic nitrogens is 2. The summed E-state index contributed by atoms with van der Waals surface area (Å²) >= 11 is 0.902. The molecule has 0 saturated heterocycles. The van der Waals surface area contributed by atoms with Gasteiger partial charge < -0.3 is 10.6 Å². The number of amides is 2. The highest BCUT2D eigenvalue weighted by Gasteiger charge is 2.17. The minimum absolute atomic E-state index is 0.0703. The van der Waals surface area contributed by atoms with Gasteiger partial charge in [0.2, 0.25) is 10.0 Å². The van der Waals surface area contributed by atoms with Gasteiger partial charge in [0.1, 0.15) is 5.82 Å². The van der Waals surface area contributed by atoms with E-state index in [1.165, 1.54) is 24.3 Å². The Kier molecular flexibility index (Phi) is 4.94. The van der Waals surface area contributed by atoms with Gasteiger partial charge in [0, 0.05) is 12.2 Å². The summed E-state index contributed by atoms with van der Waals surface area (Å²) in [5, 5.41) is 12.8. The van der Waals surface area contributed by atoms with Crippen molar-refractivity contribution in [1.29, 1.82) is 0 Å². The van der Waals surface area contributed by atoms with Crippen LogP contribution in [0.3, 0.4) is 0 Å². The van der Waals surface area contributed by atoms with Crippen LogP contribution in [0.5, 0.6) is 0 Å². The Hall–Kier alpha value is -2.35. The topological polar surface area (TPSA) is 84.0 Å². The van der Waals surface area contributed by atoms with Gasteiger partial charge in [-0.15, -0.1) is 10.2 Å². The molecule has 0 aliphatic carbocycles. The molecule has 1 aromatic carbocycles. The highest BCUT2D eigenvalue weighted by Crippen LogP contribution is 2.14. The molecule has 1 aromatic heterocycles. The molecular formula is C13H13FN4O2S. The van der Waals surface area contributed by atoms with E-state index < -0.39 is 11.7 Å². The van der Waals surface area contributed by atoms with E-state index in [1.807, 2.05) is 6.92 Å². The molecule has 6 nitrogen and oxygen atoms in total.